The molecule has 0 aromatic heterocycles. The molecule has 1 unspecified atom stereocenters. The van der Waals surface area contributed by atoms with Crippen LogP contribution in [0.2, 0.25) is 0 Å². The Labute approximate surface area is 126 Å². The highest BCUT2D eigenvalue weighted by Crippen LogP contribution is 2.34. The number of benzene rings is 2. The molecule has 0 aliphatic rings. The molecule has 112 valence electrons. The SMILES string of the molecule is CNC(C)c1cccc(F)c1N(C)c1ccc(C)cc1C. The maximum atomic E-state index is 14.4. The molecule has 0 aliphatic heterocycles. The molecule has 1 N–H and O–H groups in total. The molecular formula is C18H23FN2. The smallest absolute Gasteiger partial charge is 0.147 e. The Hall–Kier alpha value is -1.87. The summed E-state index contributed by atoms with van der Waals surface area (Å²) < 4.78 is 14.4. The van der Waals surface area contributed by atoms with Crippen LogP contribution in [0.5, 0.6) is 0 Å². The number of hydrogen-bond donors (Lipinski definition) is 1. The molecule has 0 amide bonds. The molecule has 0 saturated heterocycles. The molecule has 0 bridgehead atoms. The normalized spacial score (nSPS) is 12.3. The Morgan fingerprint density at radius 1 is 1.14 bits per heavy atom. The van der Waals surface area contributed by atoms with E-state index in [0.29, 0.717) is 5.69 Å². The maximum absolute atomic E-state index is 14.4. The number of aryl methyl sites for hydroxylation is 2. The molecule has 2 nitrogen and oxygen atoms in total. The van der Waals surface area contributed by atoms with Crippen LogP contribution in [0.3, 0.4) is 0 Å². The van der Waals surface area contributed by atoms with Gasteiger partial charge in [-0.1, -0.05) is 29.8 Å². The summed E-state index contributed by atoms with van der Waals surface area (Å²) in [6.45, 7) is 6.16. The first kappa shape index (κ1) is 15.5. The number of nitrogens with one attached hydrogen (secondary N) is 1. The molecule has 3 heteroatoms. The lowest BCUT2D eigenvalue weighted by Crippen LogP contribution is -2.20. The van der Waals surface area contributed by atoms with E-state index in [1.54, 1.807) is 6.07 Å². The van der Waals surface area contributed by atoms with E-state index in [1.807, 2.05) is 38.1 Å². The Balaban J connectivity index is 2.54. The largest absolute Gasteiger partial charge is 0.342 e. The Morgan fingerprint density at radius 2 is 1.86 bits per heavy atom. The van der Waals surface area contributed by atoms with Crippen molar-refractivity contribution in [2.75, 3.05) is 19.0 Å². The van der Waals surface area contributed by atoms with Gasteiger partial charge in [-0.2, -0.15) is 0 Å². The van der Waals surface area contributed by atoms with Crippen LogP contribution in [-0.4, -0.2) is 14.1 Å². The van der Waals surface area contributed by atoms with Gasteiger partial charge in [-0.25, -0.2) is 4.39 Å². The van der Waals surface area contributed by atoms with Crippen LogP contribution >= 0.6 is 0 Å². The molecule has 0 radical (unpaired) electrons. The van der Waals surface area contributed by atoms with Gasteiger partial charge in [-0.3, -0.25) is 0 Å². The first-order valence-electron chi connectivity index (χ1n) is 7.22. The Bertz CT molecular complexity index is 637. The summed E-state index contributed by atoms with van der Waals surface area (Å²) in [6.07, 6.45) is 0. The molecule has 0 aliphatic carbocycles. The number of anilines is 2. The summed E-state index contributed by atoms with van der Waals surface area (Å²) in [5.74, 6) is -0.197. The molecule has 2 aromatic carbocycles. The fraction of sp³-hybridized carbons (Fsp3) is 0.333. The first-order chi connectivity index (χ1) is 9.95. The molecule has 1 atom stereocenters. The summed E-state index contributed by atoms with van der Waals surface area (Å²) >= 11 is 0. The lowest BCUT2D eigenvalue weighted by Gasteiger charge is -2.27. The predicted molar refractivity (Wildman–Crippen MR) is 87.9 cm³/mol. The van der Waals surface area contributed by atoms with Gasteiger partial charge >= 0.3 is 0 Å². The Morgan fingerprint density at radius 3 is 2.48 bits per heavy atom. The lowest BCUT2D eigenvalue weighted by molar-refractivity contribution is 0.608. The number of hydrogen-bond acceptors (Lipinski definition) is 2. The van der Waals surface area contributed by atoms with Crippen LogP contribution in [0, 0.1) is 19.7 Å². The van der Waals surface area contributed by atoms with Gasteiger partial charge in [0.05, 0.1) is 5.69 Å². The highest BCUT2D eigenvalue weighted by atomic mass is 19.1. The van der Waals surface area contributed by atoms with Crippen LogP contribution in [0.25, 0.3) is 0 Å². The van der Waals surface area contributed by atoms with E-state index in [-0.39, 0.29) is 11.9 Å². The van der Waals surface area contributed by atoms with Crippen molar-refractivity contribution in [3.63, 3.8) is 0 Å². The highest BCUT2D eigenvalue weighted by molar-refractivity contribution is 5.69. The summed E-state index contributed by atoms with van der Waals surface area (Å²) in [5, 5.41) is 3.19. The quantitative estimate of drug-likeness (QED) is 0.890. The van der Waals surface area contributed by atoms with Gasteiger partial charge in [0, 0.05) is 18.8 Å². The van der Waals surface area contributed by atoms with E-state index < -0.39 is 0 Å². The van der Waals surface area contributed by atoms with E-state index in [9.17, 15) is 4.39 Å². The lowest BCUT2D eigenvalue weighted by atomic mass is 10.0. The zero-order valence-corrected chi connectivity index (χ0v) is 13.4. The van der Waals surface area contributed by atoms with E-state index in [0.717, 1.165) is 16.8 Å². The standard InChI is InChI=1S/C18H23FN2/c1-12-9-10-17(13(2)11-12)21(5)18-15(14(3)20-4)7-6-8-16(18)19/h6-11,14,20H,1-5H3. The minimum atomic E-state index is -0.197. The summed E-state index contributed by atoms with van der Waals surface area (Å²) in [6, 6.07) is 11.6. The second-order valence-corrected chi connectivity index (χ2v) is 5.54. The predicted octanol–water partition coefficient (Wildman–Crippen LogP) is 4.49. The second-order valence-electron chi connectivity index (χ2n) is 5.54. The summed E-state index contributed by atoms with van der Waals surface area (Å²) in [4.78, 5) is 1.94. The molecule has 0 spiro atoms. The monoisotopic (exact) mass is 286 g/mol. The van der Waals surface area contributed by atoms with Crippen LogP contribution in [-0.2, 0) is 0 Å². The minimum absolute atomic E-state index is 0.0869. The number of rotatable bonds is 4. The summed E-state index contributed by atoms with van der Waals surface area (Å²) in [5.41, 5.74) is 4.97. The molecule has 0 fully saturated rings. The van der Waals surface area contributed by atoms with Crippen molar-refractivity contribution in [1.29, 1.82) is 0 Å². The molecule has 0 heterocycles. The minimum Gasteiger partial charge on any atom is -0.342 e. The van der Waals surface area contributed by atoms with Gasteiger partial charge in [-0.05, 0) is 51.1 Å². The van der Waals surface area contributed by atoms with Crippen LogP contribution in [0.1, 0.15) is 29.7 Å². The van der Waals surface area contributed by atoms with Gasteiger partial charge < -0.3 is 10.2 Å². The first-order valence-corrected chi connectivity index (χ1v) is 7.22. The fourth-order valence-corrected chi connectivity index (χ4v) is 2.69. The third-order valence-corrected chi connectivity index (χ3v) is 3.97. The molecular weight excluding hydrogens is 263 g/mol. The van der Waals surface area contributed by atoms with E-state index in [2.05, 4.69) is 31.3 Å². The van der Waals surface area contributed by atoms with Crippen LogP contribution in [0.15, 0.2) is 36.4 Å². The molecule has 0 saturated carbocycles. The van der Waals surface area contributed by atoms with E-state index in [4.69, 9.17) is 0 Å². The van der Waals surface area contributed by atoms with E-state index >= 15 is 0 Å². The van der Waals surface area contributed by atoms with Crippen molar-refractivity contribution in [2.45, 2.75) is 26.8 Å². The number of para-hydroxylation sites is 1. The van der Waals surface area contributed by atoms with Gasteiger partial charge in [0.25, 0.3) is 0 Å². The second kappa shape index (κ2) is 6.27. The van der Waals surface area contributed by atoms with Crippen LogP contribution in [0.4, 0.5) is 15.8 Å². The van der Waals surface area contributed by atoms with Gasteiger partial charge in [0.1, 0.15) is 5.82 Å². The van der Waals surface area contributed by atoms with Gasteiger partial charge in [-0.15, -0.1) is 0 Å². The van der Waals surface area contributed by atoms with Crippen LogP contribution < -0.4 is 10.2 Å². The molecule has 2 rings (SSSR count). The zero-order chi connectivity index (χ0) is 15.6. The fourth-order valence-electron chi connectivity index (χ4n) is 2.69. The average Bonchev–Trinajstić information content (AvgIpc) is 2.45. The highest BCUT2D eigenvalue weighted by Gasteiger charge is 2.18. The average molecular weight is 286 g/mol. The Kier molecular flexibility index (Phi) is 4.63. The van der Waals surface area contributed by atoms with Crippen molar-refractivity contribution in [3.05, 3.63) is 58.9 Å². The number of halogens is 1. The van der Waals surface area contributed by atoms with Gasteiger partial charge in [0.15, 0.2) is 0 Å². The van der Waals surface area contributed by atoms with Crippen molar-refractivity contribution >= 4 is 11.4 Å². The van der Waals surface area contributed by atoms with E-state index in [1.165, 1.54) is 11.6 Å². The van der Waals surface area contributed by atoms with Gasteiger partial charge in [0.2, 0.25) is 0 Å². The molecule has 21 heavy (non-hydrogen) atoms. The summed E-state index contributed by atoms with van der Waals surface area (Å²) in [7, 11) is 3.80. The van der Waals surface area contributed by atoms with Crippen molar-refractivity contribution in [1.82, 2.24) is 5.32 Å². The topological polar surface area (TPSA) is 15.3 Å². The maximum Gasteiger partial charge on any atom is 0.147 e. The third-order valence-electron chi connectivity index (χ3n) is 3.97. The van der Waals surface area contributed by atoms with Crippen molar-refractivity contribution in [3.8, 4) is 0 Å². The van der Waals surface area contributed by atoms with Crippen molar-refractivity contribution in [2.24, 2.45) is 0 Å². The number of nitrogens with zero attached hydrogens (tertiary/aromatic N) is 1. The van der Waals surface area contributed by atoms with Crippen molar-refractivity contribution < 1.29 is 4.39 Å². The third kappa shape index (κ3) is 3.08. The molecule has 2 aromatic rings. The zero-order valence-electron chi connectivity index (χ0n) is 13.4.